The van der Waals surface area contributed by atoms with Crippen LogP contribution in [0, 0.1) is 0 Å². The fraction of sp³-hybridized carbons (Fsp3) is 0.250. The molecule has 0 aliphatic rings. The Morgan fingerprint density at radius 1 is 1.12 bits per heavy atom. The summed E-state index contributed by atoms with van der Waals surface area (Å²) in [5.41, 5.74) is 1.21. The van der Waals surface area contributed by atoms with Gasteiger partial charge in [0.05, 0.1) is 12.4 Å². The third-order valence-electron chi connectivity index (χ3n) is 2.33. The molecule has 2 heterocycles. The van der Waals surface area contributed by atoms with Crippen molar-refractivity contribution >= 4 is 11.6 Å². The van der Waals surface area contributed by atoms with Gasteiger partial charge in [-0.05, 0) is 18.1 Å². The Balaban J connectivity index is 1.86. The first-order valence-corrected chi connectivity index (χ1v) is 5.51. The van der Waals surface area contributed by atoms with E-state index in [1.807, 2.05) is 19.3 Å². The zero-order valence-corrected chi connectivity index (χ0v) is 9.72. The first-order chi connectivity index (χ1) is 8.38. The Morgan fingerprint density at radius 2 is 2.00 bits per heavy atom. The molecule has 0 aromatic carbocycles. The van der Waals surface area contributed by atoms with E-state index < -0.39 is 0 Å². The van der Waals surface area contributed by atoms with Crippen LogP contribution in [0.3, 0.4) is 0 Å². The maximum absolute atomic E-state index is 4.32. The molecule has 2 aromatic heterocycles. The first kappa shape index (κ1) is 11.3. The second-order valence-corrected chi connectivity index (χ2v) is 3.58. The minimum Gasteiger partial charge on any atom is -0.372 e. The molecule has 0 saturated heterocycles. The van der Waals surface area contributed by atoms with Gasteiger partial charge in [-0.2, -0.15) is 0 Å². The average molecular weight is 229 g/mol. The summed E-state index contributed by atoms with van der Waals surface area (Å²) in [6.07, 6.45) is 7.96. The summed E-state index contributed by atoms with van der Waals surface area (Å²) in [4.78, 5) is 12.5. The van der Waals surface area contributed by atoms with Crippen molar-refractivity contribution in [2.24, 2.45) is 0 Å². The number of hydrogen-bond acceptors (Lipinski definition) is 5. The van der Waals surface area contributed by atoms with Crippen LogP contribution in [0.1, 0.15) is 5.56 Å². The molecular formula is C12H15N5. The maximum atomic E-state index is 4.32. The molecule has 0 bridgehead atoms. The van der Waals surface area contributed by atoms with E-state index in [2.05, 4.69) is 31.7 Å². The van der Waals surface area contributed by atoms with Crippen LogP contribution in [0.5, 0.6) is 0 Å². The van der Waals surface area contributed by atoms with Crippen molar-refractivity contribution in [2.45, 2.75) is 6.42 Å². The summed E-state index contributed by atoms with van der Waals surface area (Å²) in [5.74, 6) is 1.54. The molecule has 5 heteroatoms. The lowest BCUT2D eigenvalue weighted by Crippen LogP contribution is -2.07. The molecule has 88 valence electrons. The van der Waals surface area contributed by atoms with Crippen LogP contribution in [0.15, 0.2) is 36.9 Å². The molecule has 0 radical (unpaired) electrons. The molecule has 0 amide bonds. The predicted molar refractivity (Wildman–Crippen MR) is 68.0 cm³/mol. The second-order valence-electron chi connectivity index (χ2n) is 3.58. The highest BCUT2D eigenvalue weighted by molar-refractivity contribution is 5.41. The first-order valence-electron chi connectivity index (χ1n) is 5.51. The van der Waals surface area contributed by atoms with Crippen LogP contribution >= 0.6 is 0 Å². The summed E-state index contributed by atoms with van der Waals surface area (Å²) in [5, 5.41) is 6.18. The highest BCUT2D eigenvalue weighted by Gasteiger charge is 1.97. The van der Waals surface area contributed by atoms with Crippen molar-refractivity contribution in [3.63, 3.8) is 0 Å². The van der Waals surface area contributed by atoms with E-state index >= 15 is 0 Å². The van der Waals surface area contributed by atoms with Crippen molar-refractivity contribution in [3.8, 4) is 0 Å². The zero-order valence-electron chi connectivity index (χ0n) is 9.72. The van der Waals surface area contributed by atoms with Crippen LogP contribution in [-0.2, 0) is 6.42 Å². The molecule has 0 aliphatic heterocycles. The van der Waals surface area contributed by atoms with Gasteiger partial charge in [0.1, 0.15) is 11.6 Å². The molecule has 17 heavy (non-hydrogen) atoms. The second kappa shape index (κ2) is 5.79. The fourth-order valence-corrected chi connectivity index (χ4v) is 1.45. The molecule has 2 aromatic rings. The third-order valence-corrected chi connectivity index (χ3v) is 2.33. The Labute approximate surface area is 100 Å². The molecule has 5 nitrogen and oxygen atoms in total. The van der Waals surface area contributed by atoms with E-state index in [0.29, 0.717) is 0 Å². The number of rotatable bonds is 5. The largest absolute Gasteiger partial charge is 0.372 e. The summed E-state index contributed by atoms with van der Waals surface area (Å²) >= 11 is 0. The Kier molecular flexibility index (Phi) is 3.85. The van der Waals surface area contributed by atoms with Crippen molar-refractivity contribution in [1.29, 1.82) is 0 Å². The smallest absolute Gasteiger partial charge is 0.146 e. The fourth-order valence-electron chi connectivity index (χ4n) is 1.45. The number of nitrogens with zero attached hydrogens (tertiary/aromatic N) is 3. The highest BCUT2D eigenvalue weighted by atomic mass is 15.1. The van der Waals surface area contributed by atoms with Gasteiger partial charge in [0, 0.05) is 26.0 Å². The van der Waals surface area contributed by atoms with Gasteiger partial charge >= 0.3 is 0 Å². The van der Waals surface area contributed by atoms with Gasteiger partial charge < -0.3 is 10.6 Å². The van der Waals surface area contributed by atoms with E-state index in [1.54, 1.807) is 18.6 Å². The Morgan fingerprint density at radius 3 is 2.76 bits per heavy atom. The zero-order chi connectivity index (χ0) is 11.9. The van der Waals surface area contributed by atoms with E-state index in [4.69, 9.17) is 0 Å². The minimum atomic E-state index is 0.761. The summed E-state index contributed by atoms with van der Waals surface area (Å²) in [6.45, 7) is 0.813. The molecule has 0 atom stereocenters. The number of hydrogen-bond donors (Lipinski definition) is 2. The summed E-state index contributed by atoms with van der Waals surface area (Å²) < 4.78 is 0. The van der Waals surface area contributed by atoms with Crippen LogP contribution in [0.2, 0.25) is 0 Å². The molecule has 0 aliphatic carbocycles. The van der Waals surface area contributed by atoms with Gasteiger partial charge in [-0.3, -0.25) is 9.97 Å². The minimum absolute atomic E-state index is 0.761. The monoisotopic (exact) mass is 229 g/mol. The molecule has 2 rings (SSSR count). The predicted octanol–water partition coefficient (Wildman–Crippen LogP) is 1.57. The van der Waals surface area contributed by atoms with Crippen LogP contribution in [0.25, 0.3) is 0 Å². The third kappa shape index (κ3) is 3.41. The van der Waals surface area contributed by atoms with Crippen molar-refractivity contribution in [3.05, 3.63) is 42.5 Å². The van der Waals surface area contributed by atoms with Gasteiger partial charge in [-0.1, -0.05) is 6.07 Å². The van der Waals surface area contributed by atoms with E-state index in [1.165, 1.54) is 5.56 Å². The van der Waals surface area contributed by atoms with Crippen LogP contribution < -0.4 is 10.6 Å². The molecular weight excluding hydrogens is 214 g/mol. The van der Waals surface area contributed by atoms with Crippen molar-refractivity contribution in [1.82, 2.24) is 15.0 Å². The Hall–Kier alpha value is -2.17. The maximum Gasteiger partial charge on any atom is 0.146 e. The van der Waals surface area contributed by atoms with E-state index in [-0.39, 0.29) is 0 Å². The molecule has 0 saturated carbocycles. The Bertz CT molecular complexity index is 457. The van der Waals surface area contributed by atoms with Gasteiger partial charge in [0.25, 0.3) is 0 Å². The lowest BCUT2D eigenvalue weighted by atomic mass is 10.2. The molecule has 0 unspecified atom stereocenters. The van der Waals surface area contributed by atoms with E-state index in [0.717, 1.165) is 24.6 Å². The quantitative estimate of drug-likeness (QED) is 0.814. The topological polar surface area (TPSA) is 62.7 Å². The van der Waals surface area contributed by atoms with Crippen LogP contribution in [0.4, 0.5) is 11.6 Å². The SMILES string of the molecule is CNc1cncc(NCCc2cccnc2)n1. The summed E-state index contributed by atoms with van der Waals surface area (Å²) in [7, 11) is 1.82. The number of pyridine rings is 1. The van der Waals surface area contributed by atoms with Crippen molar-refractivity contribution in [2.75, 3.05) is 24.2 Å². The lowest BCUT2D eigenvalue weighted by molar-refractivity contribution is 0.988. The van der Waals surface area contributed by atoms with Crippen molar-refractivity contribution < 1.29 is 0 Å². The number of aromatic nitrogens is 3. The van der Waals surface area contributed by atoms with Crippen LogP contribution in [-0.4, -0.2) is 28.5 Å². The van der Waals surface area contributed by atoms with Gasteiger partial charge in [0.15, 0.2) is 0 Å². The van der Waals surface area contributed by atoms with E-state index in [9.17, 15) is 0 Å². The lowest BCUT2D eigenvalue weighted by Gasteiger charge is -2.06. The average Bonchev–Trinajstić information content (AvgIpc) is 2.40. The molecule has 0 fully saturated rings. The normalized spacial score (nSPS) is 9.94. The number of anilines is 2. The summed E-state index contributed by atoms with van der Waals surface area (Å²) in [6, 6.07) is 4.00. The van der Waals surface area contributed by atoms with Gasteiger partial charge in [-0.15, -0.1) is 0 Å². The van der Waals surface area contributed by atoms with Gasteiger partial charge in [-0.25, -0.2) is 4.98 Å². The molecule has 0 spiro atoms. The molecule has 2 N–H and O–H groups in total. The van der Waals surface area contributed by atoms with Gasteiger partial charge in [0.2, 0.25) is 0 Å². The number of nitrogens with one attached hydrogen (secondary N) is 2. The standard InChI is InChI=1S/C12H15N5/c1-13-11-8-15-9-12(17-11)16-6-4-10-3-2-5-14-7-10/h2-3,5,7-9H,4,6H2,1H3,(H2,13,16,17). The highest BCUT2D eigenvalue weighted by Crippen LogP contribution is 2.05.